The molecule has 1 aliphatic rings. The molecular weight excluding hydrogens is 382 g/mol. The molecule has 0 spiro atoms. The summed E-state index contributed by atoms with van der Waals surface area (Å²) in [6, 6.07) is 13.6. The minimum atomic E-state index is -0.497. The minimum absolute atomic E-state index is 0.0946. The molecule has 0 aliphatic carbocycles. The van der Waals surface area contributed by atoms with Gasteiger partial charge in [-0.15, -0.1) is 6.58 Å². The lowest BCUT2D eigenvalue weighted by molar-refractivity contribution is -0.127. The van der Waals surface area contributed by atoms with Crippen LogP contribution >= 0.6 is 11.8 Å². The van der Waals surface area contributed by atoms with Gasteiger partial charge in [0.15, 0.2) is 5.17 Å². The number of thioether (sulfide) groups is 1. The first-order chi connectivity index (χ1) is 13.9. The Kier molecular flexibility index (Phi) is 6.54. The Hall–Kier alpha value is -2.86. The van der Waals surface area contributed by atoms with Gasteiger partial charge in [-0.1, -0.05) is 42.1 Å². The number of anilines is 1. The highest BCUT2D eigenvalue weighted by Gasteiger charge is 2.38. The summed E-state index contributed by atoms with van der Waals surface area (Å²) < 4.78 is 0. The third-order valence-corrected chi connectivity index (χ3v) is 5.73. The number of carbonyl (C=O) groups excluding carboxylic acids is 2. The first-order valence-corrected chi connectivity index (χ1v) is 10.4. The van der Waals surface area contributed by atoms with Crippen LogP contribution in [0.25, 0.3) is 0 Å². The second-order valence-corrected chi connectivity index (χ2v) is 8.32. The van der Waals surface area contributed by atoms with Gasteiger partial charge in [0.05, 0.1) is 5.69 Å². The van der Waals surface area contributed by atoms with E-state index in [0.717, 1.165) is 28.1 Å². The second kappa shape index (κ2) is 9.09. The molecule has 3 rings (SSSR count). The summed E-state index contributed by atoms with van der Waals surface area (Å²) in [5.74, 6) is -0.297. The van der Waals surface area contributed by atoms with Crippen LogP contribution in [-0.2, 0) is 9.59 Å². The molecule has 2 aromatic carbocycles. The molecular formula is C23H25N3O2S. The van der Waals surface area contributed by atoms with Crippen molar-refractivity contribution in [2.75, 3.05) is 11.9 Å². The number of amides is 2. The fourth-order valence-corrected chi connectivity index (χ4v) is 4.40. The van der Waals surface area contributed by atoms with Gasteiger partial charge in [0.2, 0.25) is 11.8 Å². The summed E-state index contributed by atoms with van der Waals surface area (Å²) in [5.41, 5.74) is 4.78. The third-order valence-electron chi connectivity index (χ3n) is 4.55. The monoisotopic (exact) mass is 407 g/mol. The zero-order valence-electron chi connectivity index (χ0n) is 16.9. The molecule has 2 aromatic rings. The van der Waals surface area contributed by atoms with Crippen molar-refractivity contribution >= 4 is 40.1 Å². The van der Waals surface area contributed by atoms with Gasteiger partial charge < -0.3 is 5.32 Å². The molecule has 1 heterocycles. The third kappa shape index (κ3) is 5.15. The maximum absolute atomic E-state index is 12.9. The number of amidine groups is 1. The van der Waals surface area contributed by atoms with Gasteiger partial charge in [-0.05, 0) is 55.7 Å². The Balaban J connectivity index is 1.78. The van der Waals surface area contributed by atoms with Crippen molar-refractivity contribution in [3.63, 3.8) is 0 Å². The van der Waals surface area contributed by atoms with Crippen LogP contribution < -0.4 is 5.32 Å². The van der Waals surface area contributed by atoms with Gasteiger partial charge >= 0.3 is 0 Å². The highest BCUT2D eigenvalue weighted by atomic mass is 32.2. The van der Waals surface area contributed by atoms with Crippen LogP contribution in [0.4, 0.5) is 11.4 Å². The normalized spacial score (nSPS) is 17.6. The molecule has 1 aliphatic heterocycles. The fourth-order valence-electron chi connectivity index (χ4n) is 3.23. The van der Waals surface area contributed by atoms with Crippen molar-refractivity contribution < 1.29 is 9.59 Å². The summed E-state index contributed by atoms with van der Waals surface area (Å²) in [4.78, 5) is 31.7. The van der Waals surface area contributed by atoms with Crippen molar-refractivity contribution in [3.8, 4) is 0 Å². The first kappa shape index (κ1) is 20.9. The number of rotatable bonds is 6. The van der Waals surface area contributed by atoms with Crippen molar-refractivity contribution in [1.82, 2.24) is 4.90 Å². The highest BCUT2D eigenvalue weighted by Crippen LogP contribution is 2.32. The molecule has 1 N–H and O–H groups in total. The smallest absolute Gasteiger partial charge is 0.242 e. The molecule has 6 heteroatoms. The van der Waals surface area contributed by atoms with Gasteiger partial charge in [-0.3, -0.25) is 14.5 Å². The predicted octanol–water partition coefficient (Wildman–Crippen LogP) is 4.76. The maximum atomic E-state index is 12.9. The Bertz CT molecular complexity index is 964. The van der Waals surface area contributed by atoms with Gasteiger partial charge in [0.1, 0.15) is 5.25 Å². The van der Waals surface area contributed by atoms with E-state index in [4.69, 9.17) is 4.99 Å². The van der Waals surface area contributed by atoms with Crippen LogP contribution in [0, 0.1) is 20.8 Å². The minimum Gasteiger partial charge on any atom is -0.326 e. The number of para-hydroxylation sites is 1. The standard InChI is InChI=1S/C23H25N3O2S/c1-5-10-26-22(28)20(14-21(27)25-19-9-7-6-8-17(19)4)29-23(26)24-18-12-15(2)11-16(3)13-18/h5-9,11-13,20H,1,10,14H2,2-4H3,(H,25,27)/t20-/m0/s1. The number of nitrogens with one attached hydrogen (secondary N) is 1. The Morgan fingerprint density at radius 1 is 1.21 bits per heavy atom. The number of benzene rings is 2. The van der Waals surface area contributed by atoms with E-state index in [1.807, 2.05) is 57.2 Å². The van der Waals surface area contributed by atoms with Gasteiger partial charge in [0.25, 0.3) is 0 Å². The maximum Gasteiger partial charge on any atom is 0.242 e. The molecule has 0 saturated carbocycles. The summed E-state index contributed by atoms with van der Waals surface area (Å²) in [5, 5.41) is 3.01. The summed E-state index contributed by atoms with van der Waals surface area (Å²) in [7, 11) is 0. The summed E-state index contributed by atoms with van der Waals surface area (Å²) >= 11 is 1.33. The fraction of sp³-hybridized carbons (Fsp3) is 0.261. The van der Waals surface area contributed by atoms with Crippen molar-refractivity contribution in [2.24, 2.45) is 4.99 Å². The highest BCUT2D eigenvalue weighted by molar-refractivity contribution is 8.15. The Morgan fingerprint density at radius 3 is 2.55 bits per heavy atom. The van der Waals surface area contributed by atoms with E-state index in [2.05, 4.69) is 18.0 Å². The van der Waals surface area contributed by atoms with E-state index >= 15 is 0 Å². The largest absolute Gasteiger partial charge is 0.326 e. The Morgan fingerprint density at radius 2 is 1.90 bits per heavy atom. The van der Waals surface area contributed by atoms with Gasteiger partial charge in [0, 0.05) is 18.7 Å². The molecule has 1 fully saturated rings. The van der Waals surface area contributed by atoms with Crippen molar-refractivity contribution in [3.05, 3.63) is 71.8 Å². The number of aryl methyl sites for hydroxylation is 3. The summed E-state index contributed by atoms with van der Waals surface area (Å²) in [6.07, 6.45) is 1.77. The van der Waals surface area contributed by atoms with Gasteiger partial charge in [-0.25, -0.2) is 4.99 Å². The van der Waals surface area contributed by atoms with E-state index in [0.29, 0.717) is 11.7 Å². The number of aliphatic imine (C=N–C) groups is 1. The molecule has 0 unspecified atom stereocenters. The van der Waals surface area contributed by atoms with E-state index in [-0.39, 0.29) is 18.2 Å². The molecule has 5 nitrogen and oxygen atoms in total. The number of hydrogen-bond donors (Lipinski definition) is 1. The molecule has 150 valence electrons. The first-order valence-electron chi connectivity index (χ1n) is 9.49. The topological polar surface area (TPSA) is 61.8 Å². The van der Waals surface area contributed by atoms with Crippen LogP contribution in [0.5, 0.6) is 0 Å². The zero-order chi connectivity index (χ0) is 21.0. The Labute approximate surface area is 175 Å². The molecule has 29 heavy (non-hydrogen) atoms. The van der Waals surface area contributed by atoms with E-state index in [1.165, 1.54) is 11.8 Å². The van der Waals surface area contributed by atoms with Crippen molar-refractivity contribution in [2.45, 2.75) is 32.4 Å². The lowest BCUT2D eigenvalue weighted by Crippen LogP contribution is -2.33. The SMILES string of the molecule is C=CCN1C(=O)[C@H](CC(=O)Nc2ccccc2C)SC1=Nc1cc(C)cc(C)c1. The van der Waals surface area contributed by atoms with Crippen LogP contribution in [-0.4, -0.2) is 33.7 Å². The second-order valence-electron chi connectivity index (χ2n) is 7.15. The van der Waals surface area contributed by atoms with E-state index in [1.54, 1.807) is 11.0 Å². The van der Waals surface area contributed by atoms with E-state index in [9.17, 15) is 9.59 Å². The van der Waals surface area contributed by atoms with E-state index < -0.39 is 5.25 Å². The molecule has 0 bridgehead atoms. The molecule has 0 radical (unpaired) electrons. The average molecular weight is 408 g/mol. The summed E-state index contributed by atoms with van der Waals surface area (Å²) in [6.45, 7) is 10.1. The quantitative estimate of drug-likeness (QED) is 0.703. The lowest BCUT2D eigenvalue weighted by atomic mass is 10.1. The van der Waals surface area contributed by atoms with Gasteiger partial charge in [-0.2, -0.15) is 0 Å². The molecule has 1 saturated heterocycles. The van der Waals surface area contributed by atoms with Crippen molar-refractivity contribution in [1.29, 1.82) is 0 Å². The van der Waals surface area contributed by atoms with Crippen LogP contribution in [0.2, 0.25) is 0 Å². The van der Waals surface area contributed by atoms with Crippen LogP contribution in [0.15, 0.2) is 60.1 Å². The zero-order valence-corrected chi connectivity index (χ0v) is 17.8. The molecule has 2 amide bonds. The number of hydrogen-bond acceptors (Lipinski definition) is 4. The predicted molar refractivity (Wildman–Crippen MR) is 121 cm³/mol. The molecule has 0 aromatic heterocycles. The number of nitrogens with zero attached hydrogens (tertiary/aromatic N) is 2. The average Bonchev–Trinajstić information content (AvgIpc) is 2.92. The molecule has 1 atom stereocenters. The van der Waals surface area contributed by atoms with Crippen LogP contribution in [0.1, 0.15) is 23.1 Å². The van der Waals surface area contributed by atoms with Crippen LogP contribution in [0.3, 0.4) is 0 Å². The lowest BCUT2D eigenvalue weighted by Gasteiger charge is -2.14. The number of carbonyl (C=O) groups is 2.